The maximum absolute atomic E-state index is 12.3. The molecule has 2 aromatic carbocycles. The molecule has 269 valence electrons. The van der Waals surface area contributed by atoms with Gasteiger partial charge in [-0.05, 0) is 39.2 Å². The number of rotatable bonds is 11. The summed E-state index contributed by atoms with van der Waals surface area (Å²) in [7, 11) is -1.55. The van der Waals surface area contributed by atoms with Gasteiger partial charge in [-0.25, -0.2) is 4.98 Å². The van der Waals surface area contributed by atoms with Crippen LogP contribution in [-0.4, -0.2) is 28.9 Å². The Labute approximate surface area is 315 Å². The normalized spacial score (nSPS) is 14.2. The first kappa shape index (κ1) is 41.2. The molecule has 4 aromatic rings. The van der Waals surface area contributed by atoms with Gasteiger partial charge >= 0.3 is 0 Å². The maximum Gasteiger partial charge on any atom is 0.162 e. The fraction of sp³-hybridized carbons (Fsp3) is 0.548. The Kier molecular flexibility index (Phi) is 13.8. The first-order valence-corrected chi connectivity index (χ1v) is 21.7. The molecular formula is C42H59IrN2O2SSi-. The number of carbonyl (C=O) groups is 1. The van der Waals surface area contributed by atoms with Gasteiger partial charge in [-0.2, -0.15) is 0 Å². The molecule has 1 aliphatic rings. The molecule has 5 rings (SSSR count). The molecule has 0 atom stereocenters. The van der Waals surface area contributed by atoms with E-state index in [0.29, 0.717) is 23.7 Å². The van der Waals surface area contributed by atoms with E-state index in [1.54, 1.807) is 10.8 Å². The van der Waals surface area contributed by atoms with Crippen molar-refractivity contribution in [1.29, 1.82) is 0 Å². The van der Waals surface area contributed by atoms with Gasteiger partial charge in [0, 0.05) is 49.1 Å². The van der Waals surface area contributed by atoms with E-state index >= 15 is 0 Å². The monoisotopic (exact) mass is 876 g/mol. The van der Waals surface area contributed by atoms with Crippen LogP contribution in [0.2, 0.25) is 18.1 Å². The predicted molar refractivity (Wildman–Crippen MR) is 210 cm³/mol. The summed E-state index contributed by atoms with van der Waals surface area (Å²) in [5.41, 5.74) is 5.04. The van der Waals surface area contributed by atoms with Crippen LogP contribution in [0.1, 0.15) is 101 Å². The summed E-state index contributed by atoms with van der Waals surface area (Å²) in [5, 5.41) is 14.0. The first-order chi connectivity index (χ1) is 22.6. The average Bonchev–Trinajstić information content (AvgIpc) is 3.42. The molecule has 0 saturated carbocycles. The molecule has 0 amide bonds. The van der Waals surface area contributed by atoms with E-state index in [0.717, 1.165) is 21.5 Å². The fourth-order valence-electron chi connectivity index (χ4n) is 8.52. The van der Waals surface area contributed by atoms with Crippen molar-refractivity contribution in [3.63, 3.8) is 0 Å². The Balaban J connectivity index is 0.000000287. The van der Waals surface area contributed by atoms with Gasteiger partial charge in [0.2, 0.25) is 0 Å². The van der Waals surface area contributed by atoms with Crippen LogP contribution in [0.15, 0.2) is 48.5 Å². The fourth-order valence-corrected chi connectivity index (χ4v) is 15.5. The SMILES string of the molecule is CC(C)C(C(=O)/C=C(\O)C(C(C)C)C(C)C)C(C)C.CC[Si](CC)(CC)c1sc2ncnc3c2c1C(C)(C)c1cc2ccccc2[c-]c1-3.[Ir]. The topological polar surface area (TPSA) is 63.1 Å². The zero-order valence-electron chi connectivity index (χ0n) is 32.1. The molecule has 4 nitrogen and oxygen atoms in total. The summed E-state index contributed by atoms with van der Waals surface area (Å²) in [6.45, 7) is 28.6. The summed E-state index contributed by atoms with van der Waals surface area (Å²) >= 11 is 1.96. The van der Waals surface area contributed by atoms with Crippen molar-refractivity contribution in [1.82, 2.24) is 9.97 Å². The third-order valence-corrected chi connectivity index (χ3v) is 18.9. The number of benzene rings is 2. The Morgan fingerprint density at radius 2 is 1.45 bits per heavy atom. The van der Waals surface area contributed by atoms with Crippen LogP contribution in [-0.2, 0) is 30.3 Å². The standard InChI is InChI=1S/C25H27N2SSi.C17H32O2.Ir/c1-6-29(7-2,8-3)24-21-20-22(26-15-27-23(20)28-24)18-13-16-11-9-10-12-17(16)14-19(18)25(21,4)5;1-10(2)16(11(3)4)14(18)9-15(19)17(12(5)6)13(7)8;/h9-12,14-15H,6-8H2,1-5H3;9-13,16-18H,1-8H3;/q-1;;/b;14-9-;. The Morgan fingerprint density at radius 3 is 1.98 bits per heavy atom. The summed E-state index contributed by atoms with van der Waals surface area (Å²) in [6.07, 6.45) is 3.23. The molecule has 2 aromatic heterocycles. The van der Waals surface area contributed by atoms with E-state index in [-0.39, 0.29) is 48.9 Å². The minimum absolute atomic E-state index is 0. The van der Waals surface area contributed by atoms with Crippen LogP contribution in [0.5, 0.6) is 0 Å². The van der Waals surface area contributed by atoms with Gasteiger partial charge in [0.15, 0.2) is 5.78 Å². The Morgan fingerprint density at radius 1 is 0.898 bits per heavy atom. The molecule has 0 unspecified atom stereocenters. The van der Waals surface area contributed by atoms with Crippen molar-refractivity contribution in [2.75, 3.05) is 0 Å². The zero-order valence-corrected chi connectivity index (χ0v) is 36.3. The summed E-state index contributed by atoms with van der Waals surface area (Å²) in [4.78, 5) is 23.1. The number of aromatic nitrogens is 2. The largest absolute Gasteiger partial charge is 0.512 e. The third kappa shape index (κ3) is 7.86. The van der Waals surface area contributed by atoms with Gasteiger partial charge < -0.3 is 5.11 Å². The number of aliphatic hydroxyl groups is 1. The van der Waals surface area contributed by atoms with Crippen LogP contribution >= 0.6 is 11.3 Å². The van der Waals surface area contributed by atoms with E-state index in [1.165, 1.54) is 46.1 Å². The molecule has 1 aliphatic carbocycles. The first-order valence-electron chi connectivity index (χ1n) is 18.2. The second-order valence-electron chi connectivity index (χ2n) is 15.8. The van der Waals surface area contributed by atoms with Crippen LogP contribution < -0.4 is 4.50 Å². The summed E-state index contributed by atoms with van der Waals surface area (Å²) in [6, 6.07) is 18.5. The molecule has 7 heteroatoms. The van der Waals surface area contributed by atoms with Gasteiger partial charge in [-0.1, -0.05) is 143 Å². The van der Waals surface area contributed by atoms with Crippen molar-refractivity contribution in [2.24, 2.45) is 35.5 Å². The molecule has 2 heterocycles. The van der Waals surface area contributed by atoms with Gasteiger partial charge in [-0.3, -0.25) is 9.78 Å². The summed E-state index contributed by atoms with van der Waals surface area (Å²) < 4.78 is 1.66. The van der Waals surface area contributed by atoms with Gasteiger partial charge in [0.05, 0.1) is 13.8 Å². The third-order valence-electron chi connectivity index (χ3n) is 11.2. The quantitative estimate of drug-likeness (QED) is 0.0706. The number of ketones is 1. The van der Waals surface area contributed by atoms with E-state index in [1.807, 2.05) is 11.3 Å². The number of thiophene rings is 1. The molecule has 0 aliphatic heterocycles. The average molecular weight is 876 g/mol. The predicted octanol–water partition coefficient (Wildman–Crippen LogP) is 11.5. The van der Waals surface area contributed by atoms with Crippen molar-refractivity contribution < 1.29 is 30.0 Å². The number of nitrogens with zero attached hydrogens (tertiary/aromatic N) is 2. The zero-order chi connectivity index (χ0) is 35.7. The van der Waals surface area contributed by atoms with Crippen molar-refractivity contribution in [2.45, 2.75) is 114 Å². The van der Waals surface area contributed by atoms with E-state index < -0.39 is 8.07 Å². The molecule has 0 saturated heterocycles. The number of hydrogen-bond donors (Lipinski definition) is 1. The van der Waals surface area contributed by atoms with Gasteiger partial charge in [0.1, 0.15) is 11.2 Å². The molecule has 0 spiro atoms. The molecule has 1 radical (unpaired) electrons. The molecule has 0 bridgehead atoms. The number of allylic oxidation sites excluding steroid dienone is 2. The van der Waals surface area contributed by atoms with Crippen molar-refractivity contribution in [3.05, 3.63) is 65.7 Å². The smallest absolute Gasteiger partial charge is 0.162 e. The minimum atomic E-state index is -1.55. The van der Waals surface area contributed by atoms with E-state index in [4.69, 9.17) is 9.97 Å². The molecule has 0 fully saturated rings. The number of fused-ring (bicyclic) bond motifs is 3. The number of aliphatic hydroxyl groups excluding tert-OH is 1. The Bertz CT molecular complexity index is 1760. The number of hydrogen-bond acceptors (Lipinski definition) is 5. The van der Waals surface area contributed by atoms with Crippen LogP contribution in [0.3, 0.4) is 0 Å². The van der Waals surface area contributed by atoms with Crippen LogP contribution in [0.25, 0.3) is 32.2 Å². The van der Waals surface area contributed by atoms with E-state index in [2.05, 4.69) is 126 Å². The van der Waals surface area contributed by atoms with Crippen LogP contribution in [0.4, 0.5) is 0 Å². The van der Waals surface area contributed by atoms with Crippen LogP contribution in [0, 0.1) is 41.6 Å². The second kappa shape index (κ2) is 16.4. The van der Waals surface area contributed by atoms with Crippen molar-refractivity contribution in [3.8, 4) is 11.3 Å². The molecule has 1 N–H and O–H groups in total. The molecular weight excluding hydrogens is 817 g/mol. The maximum atomic E-state index is 12.3. The second-order valence-corrected chi connectivity index (χ2v) is 22.4. The summed E-state index contributed by atoms with van der Waals surface area (Å²) in [5.74, 6) is 1.63. The van der Waals surface area contributed by atoms with Gasteiger partial charge in [0.25, 0.3) is 0 Å². The minimum Gasteiger partial charge on any atom is -0.512 e. The Hall–Kier alpha value is -2.18. The number of carbonyl (C=O) groups excluding carboxylic acids is 1. The van der Waals surface area contributed by atoms with E-state index in [9.17, 15) is 9.90 Å². The van der Waals surface area contributed by atoms with Crippen molar-refractivity contribution >= 4 is 50.7 Å². The van der Waals surface area contributed by atoms with Gasteiger partial charge in [-0.15, -0.1) is 34.9 Å². The molecule has 49 heavy (non-hydrogen) atoms.